The summed E-state index contributed by atoms with van der Waals surface area (Å²) in [5.41, 5.74) is 5.47. The molecule has 0 aromatic heterocycles. The molecule has 1 aliphatic rings. The van der Waals surface area contributed by atoms with Crippen LogP contribution in [0, 0.1) is 5.92 Å². The molecule has 0 heterocycles. The third-order valence-electron chi connectivity index (χ3n) is 4.49. The fourth-order valence-corrected chi connectivity index (χ4v) is 2.89. The SMILES string of the molecule is COC(=O)CCC(=O)NNC(=O)c1ccc(NC(=O)C2CCCCC2)cc1. The lowest BCUT2D eigenvalue weighted by atomic mass is 9.88. The number of hydrogen-bond acceptors (Lipinski definition) is 5. The molecule has 3 N–H and O–H groups in total. The second-order valence-corrected chi connectivity index (χ2v) is 6.48. The Morgan fingerprint density at radius 1 is 0.963 bits per heavy atom. The summed E-state index contributed by atoms with van der Waals surface area (Å²) >= 11 is 0. The summed E-state index contributed by atoms with van der Waals surface area (Å²) in [6.45, 7) is 0. The molecule has 8 nitrogen and oxygen atoms in total. The van der Waals surface area contributed by atoms with Gasteiger partial charge in [0.25, 0.3) is 5.91 Å². The lowest BCUT2D eigenvalue weighted by Gasteiger charge is -2.20. The molecular weight excluding hydrogens is 350 g/mol. The Bertz CT molecular complexity index is 681. The maximum Gasteiger partial charge on any atom is 0.306 e. The van der Waals surface area contributed by atoms with Crippen LogP contribution in [0.25, 0.3) is 0 Å². The molecule has 0 unspecified atom stereocenters. The highest BCUT2D eigenvalue weighted by Gasteiger charge is 2.21. The summed E-state index contributed by atoms with van der Waals surface area (Å²) in [5.74, 6) is -1.41. The Morgan fingerprint density at radius 2 is 1.63 bits per heavy atom. The number of benzene rings is 1. The van der Waals surface area contributed by atoms with Crippen LogP contribution in [0.2, 0.25) is 0 Å². The first-order chi connectivity index (χ1) is 13.0. The van der Waals surface area contributed by atoms with Crippen LogP contribution in [0.1, 0.15) is 55.3 Å². The average Bonchev–Trinajstić information content (AvgIpc) is 2.71. The van der Waals surface area contributed by atoms with E-state index in [1.807, 2.05) is 0 Å². The largest absolute Gasteiger partial charge is 0.469 e. The van der Waals surface area contributed by atoms with E-state index in [0.29, 0.717) is 11.3 Å². The minimum absolute atomic E-state index is 0.0183. The molecule has 1 aromatic rings. The van der Waals surface area contributed by atoms with Gasteiger partial charge in [0, 0.05) is 23.6 Å². The second-order valence-electron chi connectivity index (χ2n) is 6.48. The zero-order chi connectivity index (χ0) is 19.6. The van der Waals surface area contributed by atoms with Crippen molar-refractivity contribution in [2.45, 2.75) is 44.9 Å². The maximum absolute atomic E-state index is 12.2. The quantitative estimate of drug-likeness (QED) is 0.519. The van der Waals surface area contributed by atoms with Crippen LogP contribution in [-0.2, 0) is 19.1 Å². The van der Waals surface area contributed by atoms with Crippen molar-refractivity contribution in [3.8, 4) is 0 Å². The summed E-state index contributed by atoms with van der Waals surface area (Å²) in [7, 11) is 1.24. The average molecular weight is 375 g/mol. The Hall–Kier alpha value is -2.90. The first-order valence-corrected chi connectivity index (χ1v) is 9.06. The van der Waals surface area contributed by atoms with E-state index < -0.39 is 17.8 Å². The molecule has 1 saturated carbocycles. The third-order valence-corrected chi connectivity index (χ3v) is 4.49. The number of anilines is 1. The van der Waals surface area contributed by atoms with Gasteiger partial charge in [-0.3, -0.25) is 30.0 Å². The fourth-order valence-electron chi connectivity index (χ4n) is 2.89. The van der Waals surface area contributed by atoms with Gasteiger partial charge in [-0.05, 0) is 37.1 Å². The maximum atomic E-state index is 12.2. The number of ether oxygens (including phenoxy) is 1. The van der Waals surface area contributed by atoms with Gasteiger partial charge in [-0.15, -0.1) is 0 Å². The van der Waals surface area contributed by atoms with Gasteiger partial charge in [-0.25, -0.2) is 0 Å². The van der Waals surface area contributed by atoms with Crippen molar-refractivity contribution >= 4 is 29.4 Å². The van der Waals surface area contributed by atoms with Gasteiger partial charge >= 0.3 is 5.97 Å². The zero-order valence-electron chi connectivity index (χ0n) is 15.4. The Kier molecular flexibility index (Phi) is 7.79. The van der Waals surface area contributed by atoms with Crippen LogP contribution >= 0.6 is 0 Å². The van der Waals surface area contributed by atoms with Gasteiger partial charge in [0.2, 0.25) is 11.8 Å². The molecule has 146 valence electrons. The van der Waals surface area contributed by atoms with Crippen LogP contribution < -0.4 is 16.2 Å². The van der Waals surface area contributed by atoms with Gasteiger partial charge in [0.1, 0.15) is 0 Å². The van der Waals surface area contributed by atoms with E-state index in [2.05, 4.69) is 20.9 Å². The van der Waals surface area contributed by atoms with Gasteiger partial charge in [0.05, 0.1) is 13.5 Å². The first-order valence-electron chi connectivity index (χ1n) is 9.06. The molecule has 1 aromatic carbocycles. The van der Waals surface area contributed by atoms with Crippen LogP contribution in [0.3, 0.4) is 0 Å². The summed E-state index contributed by atoms with van der Waals surface area (Å²) < 4.78 is 4.44. The minimum atomic E-state index is -0.498. The van der Waals surface area contributed by atoms with Gasteiger partial charge in [-0.1, -0.05) is 19.3 Å². The molecule has 0 aliphatic heterocycles. The van der Waals surface area contributed by atoms with E-state index in [0.717, 1.165) is 25.7 Å². The number of carbonyl (C=O) groups excluding carboxylic acids is 4. The molecule has 0 bridgehead atoms. The molecule has 27 heavy (non-hydrogen) atoms. The predicted octanol–water partition coefficient (Wildman–Crippen LogP) is 1.92. The van der Waals surface area contributed by atoms with E-state index in [9.17, 15) is 19.2 Å². The topological polar surface area (TPSA) is 114 Å². The number of rotatable bonds is 6. The van der Waals surface area contributed by atoms with Crippen molar-refractivity contribution in [2.24, 2.45) is 5.92 Å². The minimum Gasteiger partial charge on any atom is -0.469 e. The lowest BCUT2D eigenvalue weighted by molar-refractivity contribution is -0.142. The van der Waals surface area contributed by atoms with Crippen molar-refractivity contribution in [1.82, 2.24) is 10.9 Å². The highest BCUT2D eigenvalue weighted by atomic mass is 16.5. The van der Waals surface area contributed by atoms with Crippen LogP contribution in [0.5, 0.6) is 0 Å². The molecule has 1 aliphatic carbocycles. The number of hydrogen-bond donors (Lipinski definition) is 3. The van der Waals surface area contributed by atoms with E-state index in [-0.39, 0.29) is 24.7 Å². The Labute approximate surface area is 158 Å². The monoisotopic (exact) mass is 375 g/mol. The summed E-state index contributed by atoms with van der Waals surface area (Å²) in [4.78, 5) is 46.8. The van der Waals surface area contributed by atoms with Gasteiger partial charge in [-0.2, -0.15) is 0 Å². The number of methoxy groups -OCH3 is 1. The highest BCUT2D eigenvalue weighted by Crippen LogP contribution is 2.25. The molecule has 2 rings (SSSR count). The Balaban J connectivity index is 1.78. The van der Waals surface area contributed by atoms with Crippen molar-refractivity contribution < 1.29 is 23.9 Å². The summed E-state index contributed by atoms with van der Waals surface area (Å²) in [5, 5.41) is 2.88. The number of nitrogens with one attached hydrogen (secondary N) is 3. The molecule has 0 spiro atoms. The fraction of sp³-hybridized carbons (Fsp3) is 0.474. The molecule has 0 atom stereocenters. The predicted molar refractivity (Wildman–Crippen MR) is 98.5 cm³/mol. The van der Waals surface area contributed by atoms with Crippen molar-refractivity contribution in [1.29, 1.82) is 0 Å². The van der Waals surface area contributed by atoms with E-state index in [1.54, 1.807) is 24.3 Å². The highest BCUT2D eigenvalue weighted by molar-refractivity contribution is 5.97. The summed E-state index contributed by atoms with van der Waals surface area (Å²) in [6.07, 6.45) is 5.05. The van der Waals surface area contributed by atoms with Crippen molar-refractivity contribution in [3.05, 3.63) is 29.8 Å². The van der Waals surface area contributed by atoms with E-state index >= 15 is 0 Å². The van der Waals surface area contributed by atoms with Crippen molar-refractivity contribution in [2.75, 3.05) is 12.4 Å². The number of carbonyl (C=O) groups is 4. The standard InChI is InChI=1S/C19H25N3O5/c1-27-17(24)12-11-16(23)21-22-19(26)14-7-9-15(10-8-14)20-18(25)13-5-3-2-4-6-13/h7-10,13H,2-6,11-12H2,1H3,(H,20,25)(H,21,23)(H,22,26). The van der Waals surface area contributed by atoms with E-state index in [1.165, 1.54) is 13.5 Å². The van der Waals surface area contributed by atoms with E-state index in [4.69, 9.17) is 0 Å². The smallest absolute Gasteiger partial charge is 0.306 e. The zero-order valence-corrected chi connectivity index (χ0v) is 15.4. The first kappa shape index (κ1) is 20.4. The van der Waals surface area contributed by atoms with Crippen LogP contribution in [-0.4, -0.2) is 30.8 Å². The number of esters is 1. The van der Waals surface area contributed by atoms with Crippen molar-refractivity contribution in [3.63, 3.8) is 0 Å². The Morgan fingerprint density at radius 3 is 2.26 bits per heavy atom. The van der Waals surface area contributed by atoms with Crippen LogP contribution in [0.15, 0.2) is 24.3 Å². The van der Waals surface area contributed by atoms with Crippen LogP contribution in [0.4, 0.5) is 5.69 Å². The normalized spacial score (nSPS) is 14.1. The number of amides is 3. The lowest BCUT2D eigenvalue weighted by Crippen LogP contribution is -2.41. The molecule has 3 amide bonds. The molecule has 0 radical (unpaired) electrons. The number of hydrazine groups is 1. The third kappa shape index (κ3) is 6.73. The molecule has 1 fully saturated rings. The van der Waals surface area contributed by atoms with Gasteiger partial charge < -0.3 is 10.1 Å². The second kappa shape index (κ2) is 10.3. The van der Waals surface area contributed by atoms with Gasteiger partial charge in [0.15, 0.2) is 0 Å². The summed E-state index contributed by atoms with van der Waals surface area (Å²) in [6, 6.07) is 6.42. The molecule has 8 heteroatoms. The molecular formula is C19H25N3O5. The molecule has 0 saturated heterocycles.